The van der Waals surface area contributed by atoms with Crippen molar-refractivity contribution in [1.29, 1.82) is 0 Å². The number of carbonyl (C=O) groups excluding carboxylic acids is 1. The molecule has 1 fully saturated rings. The van der Waals surface area contributed by atoms with Crippen molar-refractivity contribution >= 4 is 35.0 Å². The van der Waals surface area contributed by atoms with E-state index in [-0.39, 0.29) is 17.2 Å². The zero-order chi connectivity index (χ0) is 14.3. The molecule has 1 N–H and O–H groups in total. The summed E-state index contributed by atoms with van der Waals surface area (Å²) in [6.07, 6.45) is 1.60. The summed E-state index contributed by atoms with van der Waals surface area (Å²) < 4.78 is 0. The maximum atomic E-state index is 12.8. The van der Waals surface area contributed by atoms with Crippen LogP contribution >= 0.6 is 23.1 Å². The lowest BCUT2D eigenvalue weighted by Crippen LogP contribution is -2.40. The summed E-state index contributed by atoms with van der Waals surface area (Å²) in [5.74, 6) is -0.158. The van der Waals surface area contributed by atoms with Crippen molar-refractivity contribution in [1.82, 2.24) is 4.90 Å². The molecule has 1 saturated heterocycles. The van der Waals surface area contributed by atoms with E-state index in [4.69, 9.17) is 0 Å². The average molecular weight is 311 g/mol. The molecule has 0 spiro atoms. The Balaban J connectivity index is 1.80. The van der Waals surface area contributed by atoms with Crippen molar-refractivity contribution in [3.8, 4) is 0 Å². The molecule has 1 aromatic rings. The van der Waals surface area contributed by atoms with E-state index in [0.29, 0.717) is 13.0 Å². The summed E-state index contributed by atoms with van der Waals surface area (Å²) in [5, 5.41) is 11.1. The van der Waals surface area contributed by atoms with E-state index in [0.717, 1.165) is 17.7 Å². The molecule has 3 unspecified atom stereocenters. The number of carboxylic acids is 1. The van der Waals surface area contributed by atoms with Gasteiger partial charge in [-0.05, 0) is 42.5 Å². The first-order valence-corrected chi connectivity index (χ1v) is 8.73. The highest BCUT2D eigenvalue weighted by Gasteiger charge is 2.41. The van der Waals surface area contributed by atoms with Crippen LogP contribution in [0, 0.1) is 5.92 Å². The monoisotopic (exact) mass is 311 g/mol. The second-order valence-electron chi connectivity index (χ2n) is 5.31. The van der Waals surface area contributed by atoms with Crippen LogP contribution in [0.15, 0.2) is 11.4 Å². The third-order valence-corrected chi connectivity index (χ3v) is 6.48. The summed E-state index contributed by atoms with van der Waals surface area (Å²) in [5.41, 5.74) is 1.14. The van der Waals surface area contributed by atoms with Gasteiger partial charge in [-0.3, -0.25) is 9.59 Å². The van der Waals surface area contributed by atoms with Gasteiger partial charge in [0.1, 0.15) is 5.25 Å². The maximum Gasteiger partial charge on any atom is 0.308 e. The van der Waals surface area contributed by atoms with Crippen LogP contribution < -0.4 is 0 Å². The molecule has 2 aliphatic rings. The Bertz CT molecular complexity index is 542. The van der Waals surface area contributed by atoms with Crippen LogP contribution in [0.25, 0.3) is 0 Å². The number of nitrogens with zero attached hydrogens (tertiary/aromatic N) is 1. The van der Waals surface area contributed by atoms with Crippen LogP contribution in [0.2, 0.25) is 0 Å². The molecule has 3 heterocycles. The average Bonchev–Trinajstić information content (AvgIpc) is 3.03. The lowest BCUT2D eigenvalue weighted by molar-refractivity contribution is -0.143. The summed E-state index contributed by atoms with van der Waals surface area (Å²) >= 11 is 3.40. The number of hydrogen-bond donors (Lipinski definition) is 1. The van der Waals surface area contributed by atoms with Gasteiger partial charge in [0.25, 0.3) is 0 Å². The van der Waals surface area contributed by atoms with E-state index in [2.05, 4.69) is 0 Å². The lowest BCUT2D eigenvalue weighted by atomic mass is 10.0. The second kappa shape index (κ2) is 5.41. The number of hydrogen-bond acceptors (Lipinski definition) is 4. The topological polar surface area (TPSA) is 57.6 Å². The highest BCUT2D eigenvalue weighted by Crippen LogP contribution is 2.41. The van der Waals surface area contributed by atoms with Crippen LogP contribution in [0.5, 0.6) is 0 Å². The Morgan fingerprint density at radius 1 is 1.45 bits per heavy atom. The molecule has 1 amide bonds. The SMILES string of the molecule is CC1C(C(=O)O)CCN1C(=O)C1SCCc2sccc21. The minimum atomic E-state index is -0.791. The minimum Gasteiger partial charge on any atom is -0.481 e. The van der Waals surface area contributed by atoms with Gasteiger partial charge >= 0.3 is 5.97 Å². The van der Waals surface area contributed by atoms with Crippen molar-refractivity contribution < 1.29 is 14.7 Å². The normalized spacial score (nSPS) is 29.2. The molecule has 20 heavy (non-hydrogen) atoms. The third kappa shape index (κ3) is 2.24. The van der Waals surface area contributed by atoms with Crippen molar-refractivity contribution in [2.24, 2.45) is 5.92 Å². The van der Waals surface area contributed by atoms with Crippen LogP contribution in [0.4, 0.5) is 0 Å². The van der Waals surface area contributed by atoms with Gasteiger partial charge in [0, 0.05) is 17.5 Å². The van der Waals surface area contributed by atoms with Gasteiger partial charge in [-0.2, -0.15) is 0 Å². The number of carbonyl (C=O) groups is 2. The molecule has 0 aromatic carbocycles. The molecule has 3 rings (SSSR count). The van der Waals surface area contributed by atoms with Crippen LogP contribution in [0.3, 0.4) is 0 Å². The van der Waals surface area contributed by atoms with Gasteiger partial charge in [0.05, 0.1) is 5.92 Å². The first-order chi connectivity index (χ1) is 9.59. The summed E-state index contributed by atoms with van der Waals surface area (Å²) in [6, 6.07) is 1.84. The number of thioether (sulfide) groups is 1. The molecular formula is C14H17NO3S2. The number of likely N-dealkylation sites (tertiary alicyclic amines) is 1. The fraction of sp³-hybridized carbons (Fsp3) is 0.571. The van der Waals surface area contributed by atoms with Gasteiger partial charge < -0.3 is 10.0 Å². The molecule has 3 atom stereocenters. The molecule has 6 heteroatoms. The Kier molecular flexibility index (Phi) is 3.77. The molecule has 1 aromatic heterocycles. The highest BCUT2D eigenvalue weighted by atomic mass is 32.2. The van der Waals surface area contributed by atoms with E-state index >= 15 is 0 Å². The maximum absolute atomic E-state index is 12.8. The molecule has 108 valence electrons. The van der Waals surface area contributed by atoms with Gasteiger partial charge in [0.2, 0.25) is 5.91 Å². The smallest absolute Gasteiger partial charge is 0.308 e. The zero-order valence-electron chi connectivity index (χ0n) is 11.2. The lowest BCUT2D eigenvalue weighted by Gasteiger charge is -2.29. The van der Waals surface area contributed by atoms with Crippen molar-refractivity contribution in [2.45, 2.75) is 31.1 Å². The summed E-state index contributed by atoms with van der Waals surface area (Å²) in [6.45, 7) is 2.42. The number of carboxylic acid groups (broad SMARTS) is 1. The first-order valence-electron chi connectivity index (χ1n) is 6.80. The number of thiophene rings is 1. The van der Waals surface area contributed by atoms with Crippen LogP contribution in [0.1, 0.15) is 29.0 Å². The Morgan fingerprint density at radius 3 is 2.95 bits per heavy atom. The van der Waals surface area contributed by atoms with E-state index < -0.39 is 11.9 Å². The zero-order valence-corrected chi connectivity index (χ0v) is 12.9. The highest BCUT2D eigenvalue weighted by molar-refractivity contribution is 8.00. The number of aryl methyl sites for hydroxylation is 1. The Hall–Kier alpha value is -1.01. The van der Waals surface area contributed by atoms with Gasteiger partial charge in [0.15, 0.2) is 0 Å². The largest absolute Gasteiger partial charge is 0.481 e. The Labute approximate surface area is 126 Å². The van der Waals surface area contributed by atoms with Crippen LogP contribution in [-0.4, -0.2) is 40.2 Å². The molecule has 4 nitrogen and oxygen atoms in total. The van der Waals surface area contributed by atoms with E-state index in [9.17, 15) is 14.7 Å². The van der Waals surface area contributed by atoms with Crippen molar-refractivity contribution in [3.05, 3.63) is 21.9 Å². The third-order valence-electron chi connectivity index (χ3n) is 4.26. The van der Waals surface area contributed by atoms with Crippen molar-refractivity contribution in [3.63, 3.8) is 0 Å². The van der Waals surface area contributed by atoms with E-state index in [1.54, 1.807) is 28.0 Å². The van der Waals surface area contributed by atoms with Crippen LogP contribution in [-0.2, 0) is 16.0 Å². The second-order valence-corrected chi connectivity index (χ2v) is 7.52. The molecule has 0 bridgehead atoms. The predicted molar refractivity (Wildman–Crippen MR) is 80.1 cm³/mol. The first kappa shape index (κ1) is 13.9. The number of fused-ring (bicyclic) bond motifs is 1. The minimum absolute atomic E-state index is 0.0885. The number of aliphatic carboxylic acids is 1. The fourth-order valence-electron chi connectivity index (χ4n) is 3.08. The Morgan fingerprint density at radius 2 is 2.25 bits per heavy atom. The van der Waals surface area contributed by atoms with E-state index in [1.165, 1.54) is 4.88 Å². The standard InChI is InChI=1S/C14H17NO3S2/c1-8-9(14(17)18)2-5-15(8)13(16)12-10-3-6-19-11(10)4-7-20-12/h3,6,8-9,12H,2,4-5,7H2,1H3,(H,17,18). The predicted octanol–water partition coefficient (Wildman–Crippen LogP) is 2.40. The molecular weight excluding hydrogens is 294 g/mol. The van der Waals surface area contributed by atoms with Crippen molar-refractivity contribution in [2.75, 3.05) is 12.3 Å². The van der Waals surface area contributed by atoms with E-state index in [1.807, 2.05) is 18.4 Å². The fourth-order valence-corrected chi connectivity index (χ4v) is 5.44. The number of amides is 1. The molecule has 0 radical (unpaired) electrons. The molecule has 2 aliphatic heterocycles. The van der Waals surface area contributed by atoms with Gasteiger partial charge in [-0.1, -0.05) is 0 Å². The summed E-state index contributed by atoms with van der Waals surface area (Å²) in [4.78, 5) is 27.0. The summed E-state index contributed by atoms with van der Waals surface area (Å²) in [7, 11) is 0. The molecule has 0 saturated carbocycles. The van der Waals surface area contributed by atoms with Gasteiger partial charge in [-0.15, -0.1) is 23.1 Å². The molecule has 0 aliphatic carbocycles. The quantitative estimate of drug-likeness (QED) is 0.911. The van der Waals surface area contributed by atoms with Gasteiger partial charge in [-0.25, -0.2) is 0 Å². The number of rotatable bonds is 2.